The van der Waals surface area contributed by atoms with Gasteiger partial charge in [-0.25, -0.2) is 0 Å². The highest BCUT2D eigenvalue weighted by molar-refractivity contribution is 9.09. The van der Waals surface area contributed by atoms with E-state index in [0.717, 1.165) is 18.2 Å². The van der Waals surface area contributed by atoms with Crippen molar-refractivity contribution in [2.75, 3.05) is 19.0 Å². The van der Waals surface area contributed by atoms with Crippen LogP contribution in [0.5, 0.6) is 0 Å². The molecule has 0 aromatic rings. The van der Waals surface area contributed by atoms with E-state index in [4.69, 9.17) is 4.74 Å². The fraction of sp³-hybridized carbons (Fsp3) is 0.909. The lowest BCUT2D eigenvalue weighted by molar-refractivity contribution is -0.122. The van der Waals surface area contributed by atoms with Crippen LogP contribution in [0.4, 0.5) is 0 Å². The molecule has 0 spiro atoms. The summed E-state index contributed by atoms with van der Waals surface area (Å²) < 4.78 is 5.07. The van der Waals surface area contributed by atoms with Crippen molar-refractivity contribution in [2.24, 2.45) is 5.92 Å². The summed E-state index contributed by atoms with van der Waals surface area (Å²) in [6.45, 7) is 4.76. The molecule has 0 radical (unpaired) electrons. The second-order valence-electron chi connectivity index (χ2n) is 4.02. The molecular formula is C11H22BrNO2. The molecule has 0 bridgehead atoms. The topological polar surface area (TPSA) is 38.3 Å². The minimum Gasteiger partial charge on any atom is -0.383 e. The Morgan fingerprint density at radius 2 is 2.07 bits per heavy atom. The molecule has 15 heavy (non-hydrogen) atoms. The Kier molecular flexibility index (Phi) is 9.10. The quantitative estimate of drug-likeness (QED) is 0.547. The maximum Gasteiger partial charge on any atom is 0.220 e. The third kappa shape index (κ3) is 7.79. The third-order valence-electron chi connectivity index (χ3n) is 2.28. The Hall–Kier alpha value is -0.0900. The summed E-state index contributed by atoms with van der Waals surface area (Å²) >= 11 is 3.35. The number of ether oxygens (including phenoxy) is 1. The number of unbranched alkanes of at least 4 members (excludes halogenated alkanes) is 1. The molecule has 1 amide bonds. The molecule has 90 valence electrons. The second kappa shape index (κ2) is 9.16. The molecule has 0 saturated heterocycles. The average molecular weight is 280 g/mol. The van der Waals surface area contributed by atoms with Crippen LogP contribution in [0.3, 0.4) is 0 Å². The van der Waals surface area contributed by atoms with Crippen molar-refractivity contribution in [3.05, 3.63) is 0 Å². The highest BCUT2D eigenvalue weighted by Crippen LogP contribution is 2.04. The van der Waals surface area contributed by atoms with E-state index in [9.17, 15) is 4.79 Å². The van der Waals surface area contributed by atoms with Crippen molar-refractivity contribution in [2.45, 2.75) is 39.2 Å². The largest absolute Gasteiger partial charge is 0.383 e. The standard InChI is InChI=1S/C11H22BrNO2/c1-9(2)10(8-15-3)13-11(14)6-4-5-7-12/h9-10H,4-8H2,1-3H3,(H,13,14). The van der Waals surface area contributed by atoms with E-state index < -0.39 is 0 Å². The van der Waals surface area contributed by atoms with Crippen molar-refractivity contribution in [3.8, 4) is 0 Å². The first kappa shape index (κ1) is 14.9. The molecule has 3 nitrogen and oxygen atoms in total. The highest BCUT2D eigenvalue weighted by atomic mass is 79.9. The predicted octanol–water partition coefficient (Wildman–Crippen LogP) is 2.34. The highest BCUT2D eigenvalue weighted by Gasteiger charge is 2.15. The lowest BCUT2D eigenvalue weighted by Crippen LogP contribution is -2.41. The molecule has 0 fully saturated rings. The van der Waals surface area contributed by atoms with Gasteiger partial charge in [-0.1, -0.05) is 29.8 Å². The molecule has 0 aromatic carbocycles. The smallest absolute Gasteiger partial charge is 0.220 e. The van der Waals surface area contributed by atoms with Gasteiger partial charge in [0.2, 0.25) is 5.91 Å². The normalized spacial score (nSPS) is 12.9. The summed E-state index contributed by atoms with van der Waals surface area (Å²) in [5.74, 6) is 0.539. The summed E-state index contributed by atoms with van der Waals surface area (Å²) in [5, 5.41) is 3.96. The summed E-state index contributed by atoms with van der Waals surface area (Å²) in [7, 11) is 1.66. The zero-order valence-electron chi connectivity index (χ0n) is 9.88. The number of carbonyl (C=O) groups is 1. The van der Waals surface area contributed by atoms with E-state index in [1.807, 2.05) is 0 Å². The number of alkyl halides is 1. The number of carbonyl (C=O) groups excluding carboxylic acids is 1. The van der Waals surface area contributed by atoms with Gasteiger partial charge in [-0.2, -0.15) is 0 Å². The zero-order chi connectivity index (χ0) is 11.7. The SMILES string of the molecule is COCC(NC(=O)CCCCBr)C(C)C. The number of nitrogens with one attached hydrogen (secondary N) is 1. The molecule has 0 heterocycles. The van der Waals surface area contributed by atoms with Crippen LogP contribution >= 0.6 is 15.9 Å². The number of hydrogen-bond donors (Lipinski definition) is 1. The van der Waals surface area contributed by atoms with Crippen molar-refractivity contribution in [3.63, 3.8) is 0 Å². The Labute approximate surface area is 101 Å². The van der Waals surface area contributed by atoms with Crippen molar-refractivity contribution in [1.29, 1.82) is 0 Å². The molecule has 0 saturated carbocycles. The first-order valence-corrected chi connectivity index (χ1v) is 6.58. The van der Waals surface area contributed by atoms with Gasteiger partial charge in [0.25, 0.3) is 0 Å². The third-order valence-corrected chi connectivity index (χ3v) is 2.85. The average Bonchev–Trinajstić information content (AvgIpc) is 2.17. The van der Waals surface area contributed by atoms with Crippen LogP contribution < -0.4 is 5.32 Å². The van der Waals surface area contributed by atoms with Crippen molar-refractivity contribution in [1.82, 2.24) is 5.32 Å². The first-order valence-electron chi connectivity index (χ1n) is 5.46. The van der Waals surface area contributed by atoms with Gasteiger partial charge < -0.3 is 10.1 Å². The van der Waals surface area contributed by atoms with E-state index in [0.29, 0.717) is 18.9 Å². The Bertz CT molecular complexity index is 174. The van der Waals surface area contributed by atoms with E-state index in [1.54, 1.807) is 7.11 Å². The maximum absolute atomic E-state index is 11.5. The molecule has 4 heteroatoms. The lowest BCUT2D eigenvalue weighted by Gasteiger charge is -2.21. The number of halogens is 1. The van der Waals surface area contributed by atoms with Crippen LogP contribution in [0.15, 0.2) is 0 Å². The van der Waals surface area contributed by atoms with Crippen LogP contribution in [-0.2, 0) is 9.53 Å². The summed E-state index contributed by atoms with van der Waals surface area (Å²) in [5.41, 5.74) is 0. The monoisotopic (exact) mass is 279 g/mol. The van der Waals surface area contributed by atoms with Gasteiger partial charge in [0.15, 0.2) is 0 Å². The molecule has 0 aromatic heterocycles. The van der Waals surface area contributed by atoms with E-state index in [1.165, 1.54) is 0 Å². The number of rotatable bonds is 8. The van der Waals surface area contributed by atoms with Crippen LogP contribution in [0, 0.1) is 5.92 Å². The fourth-order valence-corrected chi connectivity index (χ4v) is 1.64. The maximum atomic E-state index is 11.5. The number of amides is 1. The Balaban J connectivity index is 3.78. The first-order chi connectivity index (χ1) is 7.11. The molecule has 0 aliphatic heterocycles. The number of methoxy groups -OCH3 is 1. The van der Waals surface area contributed by atoms with Crippen molar-refractivity contribution >= 4 is 21.8 Å². The van der Waals surface area contributed by atoms with Crippen molar-refractivity contribution < 1.29 is 9.53 Å². The molecule has 0 aliphatic rings. The summed E-state index contributed by atoms with van der Waals surface area (Å²) in [4.78, 5) is 11.5. The predicted molar refractivity (Wildman–Crippen MR) is 66.3 cm³/mol. The minimum atomic E-state index is 0.131. The summed E-state index contributed by atoms with van der Waals surface area (Å²) in [6.07, 6.45) is 2.59. The zero-order valence-corrected chi connectivity index (χ0v) is 11.5. The van der Waals surface area contributed by atoms with Crippen LogP contribution in [0.2, 0.25) is 0 Å². The van der Waals surface area contributed by atoms with Crippen LogP contribution in [0.1, 0.15) is 33.1 Å². The van der Waals surface area contributed by atoms with Crippen LogP contribution in [-0.4, -0.2) is 31.0 Å². The van der Waals surface area contributed by atoms with E-state index in [-0.39, 0.29) is 11.9 Å². The van der Waals surface area contributed by atoms with E-state index >= 15 is 0 Å². The molecular weight excluding hydrogens is 258 g/mol. The van der Waals surface area contributed by atoms with E-state index in [2.05, 4.69) is 35.1 Å². The molecule has 0 rings (SSSR count). The molecule has 0 aliphatic carbocycles. The minimum absolute atomic E-state index is 0.131. The van der Waals surface area contributed by atoms with Gasteiger partial charge in [0, 0.05) is 18.9 Å². The van der Waals surface area contributed by atoms with Gasteiger partial charge in [0.1, 0.15) is 0 Å². The van der Waals surface area contributed by atoms with Gasteiger partial charge in [-0.3, -0.25) is 4.79 Å². The fourth-order valence-electron chi connectivity index (χ4n) is 1.24. The molecule has 1 unspecified atom stereocenters. The Morgan fingerprint density at radius 3 is 2.53 bits per heavy atom. The van der Waals surface area contributed by atoms with Gasteiger partial charge >= 0.3 is 0 Å². The summed E-state index contributed by atoms with van der Waals surface area (Å²) in [6, 6.07) is 0.131. The second-order valence-corrected chi connectivity index (χ2v) is 4.81. The molecule has 1 N–H and O–H groups in total. The van der Waals surface area contributed by atoms with Gasteiger partial charge in [-0.15, -0.1) is 0 Å². The molecule has 1 atom stereocenters. The van der Waals surface area contributed by atoms with Gasteiger partial charge in [0.05, 0.1) is 12.6 Å². The van der Waals surface area contributed by atoms with Gasteiger partial charge in [-0.05, 0) is 18.8 Å². The van der Waals surface area contributed by atoms with Crippen LogP contribution in [0.25, 0.3) is 0 Å². The Morgan fingerprint density at radius 1 is 1.40 bits per heavy atom. The lowest BCUT2D eigenvalue weighted by atomic mass is 10.1. The number of hydrogen-bond acceptors (Lipinski definition) is 2.